The minimum atomic E-state index is -1.24. The highest BCUT2D eigenvalue weighted by molar-refractivity contribution is 6.04. The SMILES string of the molecule is CC(C)(C(=O)Nc1cccc2ccccc12)n1nc(-c2ccc3c(c2)OCO3)ccc1=O. The average Bonchev–Trinajstić information content (AvgIpc) is 3.27. The quantitative estimate of drug-likeness (QED) is 0.529. The molecule has 0 aliphatic carbocycles. The smallest absolute Gasteiger partial charge is 0.267 e. The number of hydrogen-bond donors (Lipinski definition) is 1. The molecule has 0 bridgehead atoms. The maximum absolute atomic E-state index is 13.3. The second-order valence-electron chi connectivity index (χ2n) is 8.08. The first-order valence-corrected chi connectivity index (χ1v) is 10.2. The van der Waals surface area contributed by atoms with Crippen LogP contribution in [-0.2, 0) is 10.3 Å². The van der Waals surface area contributed by atoms with Crippen molar-refractivity contribution in [2.24, 2.45) is 0 Å². The van der Waals surface area contributed by atoms with Gasteiger partial charge in [-0.05, 0) is 49.6 Å². The number of ether oxygens (including phenoxy) is 2. The fraction of sp³-hybridized carbons (Fsp3) is 0.160. The van der Waals surface area contributed by atoms with Gasteiger partial charge >= 0.3 is 0 Å². The van der Waals surface area contributed by atoms with Gasteiger partial charge in [-0.25, -0.2) is 4.68 Å². The van der Waals surface area contributed by atoms with E-state index in [4.69, 9.17) is 9.47 Å². The van der Waals surface area contributed by atoms with Crippen molar-refractivity contribution in [2.45, 2.75) is 19.4 Å². The Balaban J connectivity index is 1.49. The molecule has 5 rings (SSSR count). The van der Waals surface area contributed by atoms with E-state index in [2.05, 4.69) is 10.4 Å². The van der Waals surface area contributed by atoms with Gasteiger partial charge < -0.3 is 14.8 Å². The van der Waals surface area contributed by atoms with Gasteiger partial charge in [-0.1, -0.05) is 36.4 Å². The van der Waals surface area contributed by atoms with Crippen LogP contribution in [0.2, 0.25) is 0 Å². The van der Waals surface area contributed by atoms with Crippen molar-refractivity contribution >= 4 is 22.4 Å². The van der Waals surface area contributed by atoms with E-state index in [1.165, 1.54) is 10.7 Å². The number of fused-ring (bicyclic) bond motifs is 2. The lowest BCUT2D eigenvalue weighted by molar-refractivity contribution is -0.123. The van der Waals surface area contributed by atoms with Gasteiger partial charge in [0, 0.05) is 22.7 Å². The minimum Gasteiger partial charge on any atom is -0.454 e. The summed E-state index contributed by atoms with van der Waals surface area (Å²) in [6, 6.07) is 22.0. The zero-order valence-corrected chi connectivity index (χ0v) is 17.7. The molecule has 0 atom stereocenters. The van der Waals surface area contributed by atoms with Crippen LogP contribution in [0.15, 0.2) is 77.6 Å². The second kappa shape index (κ2) is 7.53. The number of anilines is 1. The van der Waals surface area contributed by atoms with Gasteiger partial charge in [0.1, 0.15) is 5.54 Å². The summed E-state index contributed by atoms with van der Waals surface area (Å²) in [5, 5.41) is 9.42. The molecular formula is C25H21N3O4. The standard InChI is InChI=1S/C25H21N3O4/c1-25(2,24(30)26-20-9-5-7-16-6-3-4-8-18(16)20)28-23(29)13-11-19(27-28)17-10-12-21-22(14-17)32-15-31-21/h3-14H,15H2,1-2H3,(H,26,30). The zero-order chi connectivity index (χ0) is 22.3. The molecule has 0 unspecified atom stereocenters. The van der Waals surface area contributed by atoms with Crippen molar-refractivity contribution in [2.75, 3.05) is 12.1 Å². The summed E-state index contributed by atoms with van der Waals surface area (Å²) in [7, 11) is 0. The van der Waals surface area contributed by atoms with Crippen molar-refractivity contribution in [3.63, 3.8) is 0 Å². The highest BCUT2D eigenvalue weighted by Gasteiger charge is 2.32. The van der Waals surface area contributed by atoms with E-state index in [1.54, 1.807) is 26.0 Å². The summed E-state index contributed by atoms with van der Waals surface area (Å²) in [6.07, 6.45) is 0. The van der Waals surface area contributed by atoms with E-state index < -0.39 is 5.54 Å². The Morgan fingerprint density at radius 3 is 2.62 bits per heavy atom. The Bertz CT molecular complexity index is 1400. The molecule has 32 heavy (non-hydrogen) atoms. The fourth-order valence-corrected chi connectivity index (χ4v) is 3.73. The minimum absolute atomic E-state index is 0.174. The lowest BCUT2D eigenvalue weighted by atomic mass is 10.0. The first-order chi connectivity index (χ1) is 15.4. The maximum atomic E-state index is 13.3. The first kappa shape index (κ1) is 19.8. The third-order valence-electron chi connectivity index (χ3n) is 5.59. The Labute approximate surface area is 184 Å². The molecule has 3 aromatic carbocycles. The van der Waals surface area contributed by atoms with Gasteiger partial charge in [0.15, 0.2) is 11.5 Å². The predicted molar refractivity (Wildman–Crippen MR) is 122 cm³/mol. The molecule has 0 spiro atoms. The molecule has 160 valence electrons. The summed E-state index contributed by atoms with van der Waals surface area (Å²) in [6.45, 7) is 3.52. The molecule has 0 saturated heterocycles. The van der Waals surface area contributed by atoms with Gasteiger partial charge in [-0.2, -0.15) is 5.10 Å². The summed E-state index contributed by atoms with van der Waals surface area (Å²) < 4.78 is 12.0. The highest BCUT2D eigenvalue weighted by Crippen LogP contribution is 2.35. The Morgan fingerprint density at radius 1 is 0.969 bits per heavy atom. The van der Waals surface area contributed by atoms with Crippen molar-refractivity contribution in [1.29, 1.82) is 0 Å². The largest absolute Gasteiger partial charge is 0.454 e. The average molecular weight is 427 g/mol. The van der Waals surface area contributed by atoms with Crippen LogP contribution in [0.5, 0.6) is 11.5 Å². The molecule has 2 heterocycles. The monoisotopic (exact) mass is 427 g/mol. The number of nitrogens with one attached hydrogen (secondary N) is 1. The van der Waals surface area contributed by atoms with Crippen molar-refractivity contribution in [3.05, 3.63) is 83.2 Å². The molecule has 1 N–H and O–H groups in total. The van der Waals surface area contributed by atoms with Crippen molar-refractivity contribution in [3.8, 4) is 22.8 Å². The number of hydrogen-bond acceptors (Lipinski definition) is 5. The third-order valence-corrected chi connectivity index (χ3v) is 5.59. The number of carbonyl (C=O) groups is 1. The van der Waals surface area contributed by atoms with Gasteiger partial charge in [0.25, 0.3) is 11.5 Å². The molecule has 1 aliphatic heterocycles. The molecule has 7 nitrogen and oxygen atoms in total. The number of carbonyl (C=O) groups excluding carboxylic acids is 1. The molecule has 1 aliphatic rings. The summed E-state index contributed by atoms with van der Waals surface area (Å²) in [4.78, 5) is 26.0. The van der Waals surface area contributed by atoms with Crippen LogP contribution in [0.25, 0.3) is 22.0 Å². The molecule has 0 saturated carbocycles. The predicted octanol–water partition coefficient (Wildman–Crippen LogP) is 4.17. The Morgan fingerprint density at radius 2 is 1.75 bits per heavy atom. The van der Waals surface area contributed by atoms with Crippen LogP contribution in [0, 0.1) is 0 Å². The second-order valence-corrected chi connectivity index (χ2v) is 8.08. The van der Waals surface area contributed by atoms with Crippen LogP contribution >= 0.6 is 0 Å². The van der Waals surface area contributed by atoms with Gasteiger partial charge in [0.05, 0.1) is 5.69 Å². The van der Waals surface area contributed by atoms with E-state index in [0.717, 1.165) is 16.3 Å². The number of rotatable bonds is 4. The molecule has 1 amide bonds. The Hall–Kier alpha value is -4.13. The van der Waals surface area contributed by atoms with Crippen molar-refractivity contribution in [1.82, 2.24) is 9.78 Å². The Kier molecular flexibility index (Phi) is 4.66. The number of amides is 1. The van der Waals surface area contributed by atoms with E-state index in [-0.39, 0.29) is 18.3 Å². The normalized spacial score (nSPS) is 12.7. The number of aromatic nitrogens is 2. The maximum Gasteiger partial charge on any atom is 0.267 e. The van der Waals surface area contributed by atoms with Crippen molar-refractivity contribution < 1.29 is 14.3 Å². The van der Waals surface area contributed by atoms with E-state index in [0.29, 0.717) is 22.9 Å². The third kappa shape index (κ3) is 3.37. The zero-order valence-electron chi connectivity index (χ0n) is 17.7. The van der Waals surface area contributed by atoms with E-state index in [9.17, 15) is 9.59 Å². The molecule has 0 radical (unpaired) electrons. The van der Waals surface area contributed by atoms with E-state index >= 15 is 0 Å². The molecular weight excluding hydrogens is 406 g/mol. The molecule has 4 aromatic rings. The van der Waals surface area contributed by atoms with E-state index in [1.807, 2.05) is 54.6 Å². The fourth-order valence-electron chi connectivity index (χ4n) is 3.73. The summed E-state index contributed by atoms with van der Waals surface area (Å²) in [5.74, 6) is 0.943. The highest BCUT2D eigenvalue weighted by atomic mass is 16.7. The van der Waals surface area contributed by atoms with Crippen LogP contribution in [0.1, 0.15) is 13.8 Å². The number of nitrogens with zero attached hydrogens (tertiary/aromatic N) is 2. The molecule has 7 heteroatoms. The van der Waals surface area contributed by atoms with Crippen LogP contribution in [0.3, 0.4) is 0 Å². The topological polar surface area (TPSA) is 82.5 Å². The van der Waals surface area contributed by atoms with Crippen LogP contribution < -0.4 is 20.3 Å². The van der Waals surface area contributed by atoms with Gasteiger partial charge in [-0.3, -0.25) is 9.59 Å². The lowest BCUT2D eigenvalue weighted by Gasteiger charge is -2.25. The lowest BCUT2D eigenvalue weighted by Crippen LogP contribution is -2.47. The first-order valence-electron chi connectivity index (χ1n) is 10.2. The van der Waals surface area contributed by atoms with Crippen LogP contribution in [-0.4, -0.2) is 22.5 Å². The van der Waals surface area contributed by atoms with Crippen LogP contribution in [0.4, 0.5) is 5.69 Å². The summed E-state index contributed by atoms with van der Waals surface area (Å²) in [5.41, 5.74) is 0.385. The van der Waals surface area contributed by atoms with Gasteiger partial charge in [0.2, 0.25) is 6.79 Å². The molecule has 0 fully saturated rings. The molecule has 1 aromatic heterocycles. The number of benzene rings is 3. The van der Waals surface area contributed by atoms with Gasteiger partial charge in [-0.15, -0.1) is 0 Å². The summed E-state index contributed by atoms with van der Waals surface area (Å²) >= 11 is 0.